The van der Waals surface area contributed by atoms with Gasteiger partial charge in [0.1, 0.15) is 11.6 Å². The zero-order valence-corrected chi connectivity index (χ0v) is 8.26. The van der Waals surface area contributed by atoms with Crippen LogP contribution in [-0.4, -0.2) is 6.54 Å². The number of halogens is 2. The van der Waals surface area contributed by atoms with Crippen LogP contribution in [0.2, 0.25) is 0 Å². The van der Waals surface area contributed by atoms with Crippen LogP contribution in [0.5, 0.6) is 0 Å². The second-order valence-electron chi connectivity index (χ2n) is 3.58. The van der Waals surface area contributed by atoms with E-state index in [1.54, 1.807) is 0 Å². The van der Waals surface area contributed by atoms with Crippen molar-refractivity contribution in [1.82, 2.24) is 0 Å². The van der Waals surface area contributed by atoms with Gasteiger partial charge < -0.3 is 5.73 Å². The van der Waals surface area contributed by atoms with Crippen molar-refractivity contribution in [3.63, 3.8) is 0 Å². The minimum absolute atomic E-state index is 0.174. The van der Waals surface area contributed by atoms with Crippen LogP contribution in [0.25, 0.3) is 0 Å². The number of nitrogens with two attached hydrogens (primary N) is 1. The van der Waals surface area contributed by atoms with Gasteiger partial charge in [-0.2, -0.15) is 0 Å². The van der Waals surface area contributed by atoms with E-state index in [0.29, 0.717) is 25.3 Å². The Morgan fingerprint density at radius 2 is 1.86 bits per heavy atom. The molecule has 0 radical (unpaired) electrons. The Hall–Kier alpha value is -0.960. The number of rotatable bonds is 4. The maximum atomic E-state index is 13.1. The molecule has 0 heterocycles. The summed E-state index contributed by atoms with van der Waals surface area (Å²) >= 11 is 0. The van der Waals surface area contributed by atoms with Crippen molar-refractivity contribution in [3.8, 4) is 0 Å². The van der Waals surface area contributed by atoms with Gasteiger partial charge in [-0.1, -0.05) is 13.0 Å². The molecule has 0 aromatic heterocycles. The molecule has 0 aliphatic carbocycles. The largest absolute Gasteiger partial charge is 0.330 e. The zero-order chi connectivity index (χ0) is 10.6. The van der Waals surface area contributed by atoms with Crippen molar-refractivity contribution in [3.05, 3.63) is 35.4 Å². The van der Waals surface area contributed by atoms with E-state index in [2.05, 4.69) is 0 Å². The number of hydrogen-bond acceptors (Lipinski definition) is 1. The lowest BCUT2D eigenvalue weighted by molar-refractivity contribution is 0.506. The minimum atomic E-state index is -0.464. The maximum Gasteiger partial charge on any atom is 0.129 e. The number of benzene rings is 1. The smallest absolute Gasteiger partial charge is 0.129 e. The van der Waals surface area contributed by atoms with Gasteiger partial charge in [-0.3, -0.25) is 0 Å². The SMILES string of the molecule is CC(CN)CCc1c(F)cccc1F. The van der Waals surface area contributed by atoms with Crippen LogP contribution < -0.4 is 5.73 Å². The fraction of sp³-hybridized carbons (Fsp3) is 0.455. The first-order valence-corrected chi connectivity index (χ1v) is 4.78. The molecular formula is C11H15F2N. The van der Waals surface area contributed by atoms with Crippen molar-refractivity contribution < 1.29 is 8.78 Å². The van der Waals surface area contributed by atoms with E-state index in [9.17, 15) is 8.78 Å². The Labute approximate surface area is 82.9 Å². The van der Waals surface area contributed by atoms with E-state index >= 15 is 0 Å². The van der Waals surface area contributed by atoms with Crippen LogP contribution >= 0.6 is 0 Å². The predicted octanol–water partition coefficient (Wildman–Crippen LogP) is 2.49. The van der Waals surface area contributed by atoms with Gasteiger partial charge in [0.2, 0.25) is 0 Å². The molecule has 78 valence electrons. The average molecular weight is 199 g/mol. The summed E-state index contributed by atoms with van der Waals surface area (Å²) in [6.07, 6.45) is 1.13. The summed E-state index contributed by atoms with van der Waals surface area (Å²) in [4.78, 5) is 0. The van der Waals surface area contributed by atoms with Crippen molar-refractivity contribution in [1.29, 1.82) is 0 Å². The first-order valence-electron chi connectivity index (χ1n) is 4.78. The molecule has 1 unspecified atom stereocenters. The Morgan fingerprint density at radius 1 is 1.29 bits per heavy atom. The molecule has 0 amide bonds. The van der Waals surface area contributed by atoms with E-state index in [-0.39, 0.29) is 5.56 Å². The highest BCUT2D eigenvalue weighted by Gasteiger charge is 2.09. The molecular weight excluding hydrogens is 184 g/mol. The second kappa shape index (κ2) is 5.05. The highest BCUT2D eigenvalue weighted by atomic mass is 19.1. The van der Waals surface area contributed by atoms with E-state index in [1.165, 1.54) is 18.2 Å². The van der Waals surface area contributed by atoms with E-state index in [1.807, 2.05) is 6.92 Å². The standard InChI is InChI=1S/C11H15F2N/c1-8(7-14)5-6-9-10(12)3-2-4-11(9)13/h2-4,8H,5-7,14H2,1H3. The van der Waals surface area contributed by atoms with Crippen molar-refractivity contribution in [2.24, 2.45) is 11.7 Å². The zero-order valence-electron chi connectivity index (χ0n) is 8.26. The molecule has 0 saturated heterocycles. The summed E-state index contributed by atoms with van der Waals surface area (Å²) in [5.74, 6) is -0.627. The van der Waals surface area contributed by atoms with Crippen LogP contribution in [0.4, 0.5) is 8.78 Å². The van der Waals surface area contributed by atoms with Crippen LogP contribution in [0.1, 0.15) is 18.9 Å². The van der Waals surface area contributed by atoms with Gasteiger partial charge in [0, 0.05) is 5.56 Å². The molecule has 0 saturated carbocycles. The molecule has 1 atom stereocenters. The Bertz CT molecular complexity index is 279. The third-order valence-electron chi connectivity index (χ3n) is 2.35. The molecule has 0 bridgehead atoms. The summed E-state index contributed by atoms with van der Waals surface area (Å²) in [6, 6.07) is 3.94. The second-order valence-corrected chi connectivity index (χ2v) is 3.58. The van der Waals surface area contributed by atoms with Crippen LogP contribution in [0.15, 0.2) is 18.2 Å². The van der Waals surface area contributed by atoms with Gasteiger partial charge in [0.05, 0.1) is 0 Å². The van der Waals surface area contributed by atoms with Crippen LogP contribution in [-0.2, 0) is 6.42 Å². The Morgan fingerprint density at radius 3 is 2.36 bits per heavy atom. The average Bonchev–Trinajstić information content (AvgIpc) is 2.16. The van der Waals surface area contributed by atoms with Crippen molar-refractivity contribution in [2.75, 3.05) is 6.54 Å². The fourth-order valence-electron chi connectivity index (χ4n) is 1.28. The van der Waals surface area contributed by atoms with Crippen LogP contribution in [0, 0.1) is 17.6 Å². The Balaban J connectivity index is 2.66. The third-order valence-corrected chi connectivity index (χ3v) is 2.35. The monoisotopic (exact) mass is 199 g/mol. The lowest BCUT2D eigenvalue weighted by Crippen LogP contribution is -2.12. The van der Waals surface area contributed by atoms with E-state index in [4.69, 9.17) is 5.73 Å². The van der Waals surface area contributed by atoms with Gasteiger partial charge in [-0.05, 0) is 37.4 Å². The molecule has 0 aliphatic rings. The topological polar surface area (TPSA) is 26.0 Å². The molecule has 0 fully saturated rings. The molecule has 1 nitrogen and oxygen atoms in total. The molecule has 3 heteroatoms. The minimum Gasteiger partial charge on any atom is -0.330 e. The van der Waals surface area contributed by atoms with Gasteiger partial charge in [0.15, 0.2) is 0 Å². The predicted molar refractivity (Wildman–Crippen MR) is 52.9 cm³/mol. The molecule has 1 aromatic rings. The maximum absolute atomic E-state index is 13.1. The van der Waals surface area contributed by atoms with Crippen molar-refractivity contribution >= 4 is 0 Å². The first-order chi connectivity index (χ1) is 6.65. The quantitative estimate of drug-likeness (QED) is 0.792. The summed E-state index contributed by atoms with van der Waals surface area (Å²) in [6.45, 7) is 2.52. The van der Waals surface area contributed by atoms with Crippen LogP contribution in [0.3, 0.4) is 0 Å². The molecule has 0 aliphatic heterocycles. The summed E-state index contributed by atoms with van der Waals surface area (Å²) < 4.78 is 26.3. The lowest BCUT2D eigenvalue weighted by Gasteiger charge is -2.09. The van der Waals surface area contributed by atoms with Gasteiger partial charge in [-0.15, -0.1) is 0 Å². The molecule has 1 rings (SSSR count). The third kappa shape index (κ3) is 2.77. The first kappa shape index (κ1) is 11.1. The van der Waals surface area contributed by atoms with E-state index in [0.717, 1.165) is 0 Å². The molecule has 1 aromatic carbocycles. The normalized spacial score (nSPS) is 12.9. The fourth-order valence-corrected chi connectivity index (χ4v) is 1.28. The highest BCUT2D eigenvalue weighted by molar-refractivity contribution is 5.19. The number of hydrogen-bond donors (Lipinski definition) is 1. The van der Waals surface area contributed by atoms with Crippen molar-refractivity contribution in [2.45, 2.75) is 19.8 Å². The Kier molecular flexibility index (Phi) is 4.01. The molecule has 2 N–H and O–H groups in total. The lowest BCUT2D eigenvalue weighted by atomic mass is 10.0. The van der Waals surface area contributed by atoms with Gasteiger partial charge >= 0.3 is 0 Å². The summed E-state index contributed by atoms with van der Waals surface area (Å²) in [5.41, 5.74) is 5.60. The van der Waals surface area contributed by atoms with Gasteiger partial charge in [-0.25, -0.2) is 8.78 Å². The van der Waals surface area contributed by atoms with E-state index < -0.39 is 11.6 Å². The summed E-state index contributed by atoms with van der Waals surface area (Å²) in [5, 5.41) is 0. The highest BCUT2D eigenvalue weighted by Crippen LogP contribution is 2.16. The summed E-state index contributed by atoms with van der Waals surface area (Å²) in [7, 11) is 0. The molecule has 0 spiro atoms. The van der Waals surface area contributed by atoms with Gasteiger partial charge in [0.25, 0.3) is 0 Å². The molecule has 14 heavy (non-hydrogen) atoms.